The van der Waals surface area contributed by atoms with Crippen molar-refractivity contribution in [3.63, 3.8) is 0 Å². The summed E-state index contributed by atoms with van der Waals surface area (Å²) in [6, 6.07) is 50.9. The summed E-state index contributed by atoms with van der Waals surface area (Å²) >= 11 is 4.15. The molecule has 5 aliphatic rings. The fraction of sp³-hybridized carbons (Fsp3) is 0.321. The lowest BCUT2D eigenvalue weighted by atomic mass is 9.50. The van der Waals surface area contributed by atoms with Crippen molar-refractivity contribution < 1.29 is 32.7 Å². The zero-order valence-electron chi connectivity index (χ0n) is 37.5. The van der Waals surface area contributed by atoms with Crippen LogP contribution in [0, 0.1) is 22.7 Å². The highest BCUT2D eigenvalue weighted by molar-refractivity contribution is 8.21. The van der Waals surface area contributed by atoms with Crippen LogP contribution in [0.1, 0.15) is 67.9 Å². The summed E-state index contributed by atoms with van der Waals surface area (Å²) in [6.07, 6.45) is 8.06. The summed E-state index contributed by atoms with van der Waals surface area (Å²) in [5.41, 5.74) is 3.53. The number of fused-ring (bicyclic) bond motifs is 5. The number of thioether (sulfide) groups is 2. The summed E-state index contributed by atoms with van der Waals surface area (Å²) in [7, 11) is -2.49. The third-order valence-corrected chi connectivity index (χ3v) is 21.3. The van der Waals surface area contributed by atoms with Crippen LogP contribution in [0.4, 0.5) is 0 Å². The Morgan fingerprint density at radius 2 is 1.35 bits per heavy atom. The molecule has 2 bridgehead atoms. The normalized spacial score (nSPS) is 27.8. The number of carbonyl (C=O) groups excluding carboxylic acids is 2. The molecular weight excluding hydrogens is 877 g/mol. The summed E-state index contributed by atoms with van der Waals surface area (Å²) in [4.78, 5) is 29.5. The van der Waals surface area contributed by atoms with Crippen molar-refractivity contribution >= 4 is 54.4 Å². The maximum absolute atomic E-state index is 16.2. The maximum Gasteiger partial charge on any atom is 0.469 e. The van der Waals surface area contributed by atoms with Crippen LogP contribution in [0.5, 0.6) is 0 Å². The van der Waals surface area contributed by atoms with E-state index in [9.17, 15) is 4.79 Å². The molecule has 7 nitrogen and oxygen atoms in total. The fourth-order valence-corrected chi connectivity index (χ4v) is 17.7. The van der Waals surface area contributed by atoms with Gasteiger partial charge in [0.25, 0.3) is 0 Å². The van der Waals surface area contributed by atoms with Crippen molar-refractivity contribution in [2.24, 2.45) is 22.7 Å². The van der Waals surface area contributed by atoms with E-state index in [0.717, 1.165) is 70.0 Å². The molecule has 0 radical (unpaired) electrons. The molecule has 2 aliphatic heterocycles. The zero-order chi connectivity index (χ0) is 45.2. The van der Waals surface area contributed by atoms with Crippen LogP contribution in [0.15, 0.2) is 187 Å². The van der Waals surface area contributed by atoms with Crippen LogP contribution in [-0.4, -0.2) is 49.8 Å². The predicted octanol–water partition coefficient (Wildman–Crippen LogP) is 10.8. The lowest BCUT2D eigenvalue weighted by Gasteiger charge is -2.57. The van der Waals surface area contributed by atoms with Crippen molar-refractivity contribution in [2.45, 2.75) is 61.9 Å². The van der Waals surface area contributed by atoms with E-state index in [1.165, 1.54) is 24.3 Å². The number of cyclic esters (lactones) is 1. The Kier molecular flexibility index (Phi) is 12.8. The van der Waals surface area contributed by atoms with E-state index in [1.54, 1.807) is 0 Å². The highest BCUT2D eigenvalue weighted by atomic mass is 32.2. The molecule has 0 amide bonds. The van der Waals surface area contributed by atoms with Gasteiger partial charge >= 0.3 is 20.5 Å². The van der Waals surface area contributed by atoms with Crippen molar-refractivity contribution in [3.05, 3.63) is 203 Å². The third-order valence-electron chi connectivity index (χ3n) is 14.5. The average molecular weight is 933 g/mol. The second-order valence-electron chi connectivity index (χ2n) is 18.3. The first-order valence-corrected chi connectivity index (χ1v) is 26.9. The number of hydrogen-bond acceptors (Lipinski definition) is 9. The summed E-state index contributed by atoms with van der Waals surface area (Å²) < 4.78 is 35.5. The molecular formula is C56H56O7S2Si. The molecule has 5 aromatic rings. The molecule has 10 rings (SSSR count). The lowest BCUT2D eigenvalue weighted by Crippen LogP contribution is -2.65. The number of carbonyl (C=O) groups is 2. The van der Waals surface area contributed by atoms with Crippen molar-refractivity contribution in [2.75, 3.05) is 25.2 Å². The molecule has 1 saturated carbocycles. The maximum atomic E-state index is 16.2. The van der Waals surface area contributed by atoms with Crippen LogP contribution in [0.2, 0.25) is 0 Å². The standard InChI is InChI=1S/C56H56O7S2Si/c1-54-32-33-56(64-34-35-65-56)36-43(54)28-29-46-47(30-31-49(57)59-2)55(39-60-38-40-18-8-3-9-19-40)37-48(50(46)54)62-66(44-24-14-6-15-25-44,45-26-16-7-17-27-45)63-52(42-22-12-5-13-23-42)51(61-53(55)58)41-20-10-4-11-21-41/h3-27,30-31,36,46-47,51-52H,28-29,32-35,37-39H2,1-2H3/b31-30+/t46-,47-,51-,52-,54-,55+/m0/s1. The van der Waals surface area contributed by atoms with Gasteiger partial charge in [-0.25, -0.2) is 4.79 Å². The molecule has 3 aliphatic carbocycles. The molecule has 0 unspecified atom stereocenters. The third kappa shape index (κ3) is 8.34. The molecule has 0 aromatic heterocycles. The number of ether oxygens (including phenoxy) is 3. The van der Waals surface area contributed by atoms with Gasteiger partial charge in [0.05, 0.1) is 30.2 Å². The van der Waals surface area contributed by atoms with Gasteiger partial charge in [-0.2, -0.15) is 0 Å². The van der Waals surface area contributed by atoms with E-state index in [0.29, 0.717) is 0 Å². The van der Waals surface area contributed by atoms with Gasteiger partial charge < -0.3 is 23.1 Å². The highest BCUT2D eigenvalue weighted by Gasteiger charge is 2.63. The Hall–Kier alpha value is -5.10. The van der Waals surface area contributed by atoms with Crippen LogP contribution in [0.25, 0.3) is 0 Å². The summed E-state index contributed by atoms with van der Waals surface area (Å²) in [5, 5.41) is 1.88. The van der Waals surface area contributed by atoms with Crippen LogP contribution >= 0.6 is 23.5 Å². The van der Waals surface area contributed by atoms with E-state index in [2.05, 4.69) is 85.1 Å². The van der Waals surface area contributed by atoms with Gasteiger partial charge in [0, 0.05) is 45.7 Å². The molecule has 2 saturated heterocycles. The van der Waals surface area contributed by atoms with Crippen LogP contribution in [-0.2, 0) is 39.3 Å². The number of esters is 2. The fourth-order valence-electron chi connectivity index (χ4n) is 11.3. The second kappa shape index (κ2) is 18.9. The minimum absolute atomic E-state index is 0.0208. The molecule has 1 spiro atoms. The van der Waals surface area contributed by atoms with E-state index in [4.69, 9.17) is 23.1 Å². The van der Waals surface area contributed by atoms with Crippen molar-refractivity contribution in [1.82, 2.24) is 0 Å². The highest BCUT2D eigenvalue weighted by Crippen LogP contribution is 2.66. The smallest absolute Gasteiger partial charge is 0.469 e. The number of methoxy groups -OCH3 is 1. The molecule has 66 heavy (non-hydrogen) atoms. The Balaban J connectivity index is 1.27. The van der Waals surface area contributed by atoms with E-state index in [1.807, 2.05) is 109 Å². The van der Waals surface area contributed by atoms with Gasteiger partial charge in [-0.15, -0.1) is 23.5 Å². The van der Waals surface area contributed by atoms with Gasteiger partial charge in [-0.1, -0.05) is 176 Å². The number of allylic oxidation sites excluding steroid dienone is 4. The summed E-state index contributed by atoms with van der Waals surface area (Å²) in [6.45, 7) is 2.71. The number of hydrogen-bond donors (Lipinski definition) is 0. The molecule has 338 valence electrons. The molecule has 2 heterocycles. The second-order valence-corrected chi connectivity index (χ2v) is 24.3. The summed E-state index contributed by atoms with van der Waals surface area (Å²) in [5.74, 6) is 1.44. The van der Waals surface area contributed by atoms with Crippen LogP contribution in [0.3, 0.4) is 0 Å². The van der Waals surface area contributed by atoms with E-state index < -0.39 is 44.0 Å². The Morgan fingerprint density at radius 1 is 0.773 bits per heavy atom. The first kappa shape index (κ1) is 44.7. The minimum Gasteiger partial charge on any atom is -0.518 e. The van der Waals surface area contributed by atoms with E-state index >= 15 is 4.79 Å². The average Bonchev–Trinajstić information content (AvgIpc) is 3.83. The monoisotopic (exact) mass is 932 g/mol. The van der Waals surface area contributed by atoms with E-state index in [-0.39, 0.29) is 35.0 Å². The molecule has 10 heteroatoms. The first-order chi connectivity index (χ1) is 32.3. The van der Waals surface area contributed by atoms with Crippen molar-refractivity contribution in [1.29, 1.82) is 0 Å². The van der Waals surface area contributed by atoms with Gasteiger partial charge in [-0.05, 0) is 53.9 Å². The quantitative estimate of drug-likeness (QED) is 0.0589. The van der Waals surface area contributed by atoms with Crippen molar-refractivity contribution in [3.8, 4) is 0 Å². The molecule has 6 atom stereocenters. The Bertz CT molecular complexity index is 2560. The number of benzene rings is 5. The Labute approximate surface area is 398 Å². The Morgan fingerprint density at radius 3 is 1.95 bits per heavy atom. The number of rotatable bonds is 10. The molecule has 3 fully saturated rings. The predicted molar refractivity (Wildman–Crippen MR) is 265 cm³/mol. The molecule has 5 aromatic carbocycles. The minimum atomic E-state index is -3.88. The van der Waals surface area contributed by atoms with Gasteiger partial charge in [0.15, 0.2) is 6.10 Å². The molecule has 0 N–H and O–H groups in total. The van der Waals surface area contributed by atoms with Gasteiger partial charge in [0.1, 0.15) is 11.5 Å². The topological polar surface area (TPSA) is 80.3 Å². The first-order valence-electron chi connectivity index (χ1n) is 23.2. The van der Waals surface area contributed by atoms with Gasteiger partial charge in [-0.3, -0.25) is 4.79 Å². The van der Waals surface area contributed by atoms with Gasteiger partial charge in [0.2, 0.25) is 0 Å². The zero-order valence-corrected chi connectivity index (χ0v) is 40.1. The van der Waals surface area contributed by atoms with Crippen LogP contribution < -0.4 is 10.4 Å². The largest absolute Gasteiger partial charge is 0.518 e. The lowest BCUT2D eigenvalue weighted by molar-refractivity contribution is -0.181. The SMILES string of the molecule is COC(=O)/C=C/[C@H]1[C@@H]2CCC3=CC4(CC[C@]3(C)C2=C2C[C@]1(COCc1ccccc1)C(=O)O[C@@H](c1ccccc1)[C@H](c1ccccc1)O[Si](c1ccccc1)(c1ccccc1)O2)SCCS4.